The van der Waals surface area contributed by atoms with E-state index in [9.17, 15) is 14.7 Å². The molecule has 1 saturated carbocycles. The number of ether oxygens (including phenoxy) is 1. The highest BCUT2D eigenvalue weighted by Gasteiger charge is 2.33. The number of halogens is 2. The predicted octanol–water partition coefficient (Wildman–Crippen LogP) is 6.06. The van der Waals surface area contributed by atoms with Gasteiger partial charge in [0.05, 0.1) is 21.3 Å². The second-order valence-electron chi connectivity index (χ2n) is 9.23. The van der Waals surface area contributed by atoms with Gasteiger partial charge >= 0.3 is 5.97 Å². The zero-order valence-electron chi connectivity index (χ0n) is 19.6. The fourth-order valence-electron chi connectivity index (χ4n) is 4.90. The molecule has 0 aliphatic heterocycles. The molecule has 37 heavy (non-hydrogen) atoms. The average molecular weight is 534 g/mol. The van der Waals surface area contributed by atoms with Gasteiger partial charge in [0.25, 0.3) is 0 Å². The third kappa shape index (κ3) is 4.18. The van der Waals surface area contributed by atoms with Crippen molar-refractivity contribution in [3.8, 4) is 11.4 Å². The minimum absolute atomic E-state index is 0.0476. The Hall–Kier alpha value is -3.68. The van der Waals surface area contributed by atoms with Crippen LogP contribution in [0.15, 0.2) is 54.6 Å². The summed E-state index contributed by atoms with van der Waals surface area (Å²) >= 11 is 12.9. The van der Waals surface area contributed by atoms with Gasteiger partial charge in [-0.3, -0.25) is 4.79 Å². The van der Waals surface area contributed by atoms with Crippen LogP contribution in [0.3, 0.4) is 0 Å². The molecule has 3 aromatic carbocycles. The van der Waals surface area contributed by atoms with Gasteiger partial charge < -0.3 is 9.84 Å². The molecule has 2 aliphatic carbocycles. The van der Waals surface area contributed by atoms with Crippen LogP contribution in [0, 0.1) is 0 Å². The summed E-state index contributed by atoms with van der Waals surface area (Å²) in [7, 11) is 0. The van der Waals surface area contributed by atoms with Gasteiger partial charge in [-0.15, -0.1) is 5.10 Å². The normalized spacial score (nSPS) is 14.6. The number of para-hydroxylation sites is 1. The Balaban J connectivity index is 1.46. The monoisotopic (exact) mass is 533 g/mol. The lowest BCUT2D eigenvalue weighted by atomic mass is 9.95. The van der Waals surface area contributed by atoms with E-state index in [1.807, 2.05) is 18.2 Å². The summed E-state index contributed by atoms with van der Waals surface area (Å²) in [6.07, 6.45) is 3.21. The summed E-state index contributed by atoms with van der Waals surface area (Å²) in [5.74, 6) is -1.14. The number of carboxylic acids is 1. The average Bonchev–Trinajstić information content (AvgIpc) is 3.67. The second-order valence-corrected chi connectivity index (χ2v) is 10.0. The fourth-order valence-corrected chi connectivity index (χ4v) is 5.45. The second kappa shape index (κ2) is 9.32. The molecule has 0 unspecified atom stereocenters. The number of carboxylic acid groups (broad SMARTS) is 1. The van der Waals surface area contributed by atoms with E-state index < -0.39 is 5.97 Å². The number of carbonyl (C=O) groups is 2. The number of carbonyl (C=O) groups excluding carboxylic acids is 1. The molecule has 1 aromatic heterocycles. The van der Waals surface area contributed by atoms with E-state index in [0.717, 1.165) is 29.7 Å². The molecule has 0 spiro atoms. The number of hydrogen-bond acceptors (Lipinski definition) is 5. The lowest BCUT2D eigenvalue weighted by molar-refractivity contribution is 0.0691. The molecule has 0 atom stereocenters. The van der Waals surface area contributed by atoms with Crippen LogP contribution in [0.25, 0.3) is 5.69 Å². The summed E-state index contributed by atoms with van der Waals surface area (Å²) in [5, 5.41) is 19.5. The van der Waals surface area contributed by atoms with Crippen LogP contribution in [0.1, 0.15) is 67.6 Å². The molecule has 4 aromatic rings. The summed E-state index contributed by atoms with van der Waals surface area (Å²) in [6.45, 7) is -0.0634. The number of rotatable bonds is 6. The van der Waals surface area contributed by atoms with Gasteiger partial charge in [0.15, 0.2) is 5.78 Å². The summed E-state index contributed by atoms with van der Waals surface area (Å²) in [6, 6.07) is 15.8. The molecule has 1 fully saturated rings. The van der Waals surface area contributed by atoms with Gasteiger partial charge in [-0.25, -0.2) is 9.48 Å². The van der Waals surface area contributed by atoms with E-state index in [4.69, 9.17) is 27.9 Å². The van der Waals surface area contributed by atoms with Crippen LogP contribution in [0.4, 0.5) is 0 Å². The number of aromatic carboxylic acids is 1. The molecule has 1 N–H and O–H groups in total. The molecule has 0 saturated heterocycles. The third-order valence-corrected chi connectivity index (χ3v) is 7.50. The summed E-state index contributed by atoms with van der Waals surface area (Å²) < 4.78 is 7.81. The molecule has 0 radical (unpaired) electrons. The number of ketones is 1. The van der Waals surface area contributed by atoms with E-state index in [2.05, 4.69) is 10.3 Å². The SMILES string of the molecule is O=C(O)c1ccc2c(c1OCc1c(C3CC3)nnn1-c1c(Cl)cccc1Cl)C(=O)c1ccccc1CC2. The number of aryl methyl sites for hydroxylation is 2. The van der Waals surface area contributed by atoms with Crippen molar-refractivity contribution in [1.82, 2.24) is 15.0 Å². The van der Waals surface area contributed by atoms with Crippen molar-refractivity contribution < 1.29 is 19.4 Å². The molecule has 1 heterocycles. The maximum absolute atomic E-state index is 13.7. The first kappa shape index (κ1) is 23.7. The number of hydrogen-bond donors (Lipinski definition) is 1. The van der Waals surface area contributed by atoms with Crippen molar-refractivity contribution in [1.29, 1.82) is 0 Å². The highest BCUT2D eigenvalue weighted by Crippen LogP contribution is 2.42. The van der Waals surface area contributed by atoms with Gasteiger partial charge in [-0.2, -0.15) is 0 Å². The first-order valence-electron chi connectivity index (χ1n) is 12.0. The largest absolute Gasteiger partial charge is 0.486 e. The molecule has 0 bridgehead atoms. The molecular weight excluding hydrogens is 513 g/mol. The van der Waals surface area contributed by atoms with E-state index in [-0.39, 0.29) is 35.2 Å². The topological polar surface area (TPSA) is 94.3 Å². The zero-order valence-corrected chi connectivity index (χ0v) is 21.1. The standard InChI is InChI=1S/C28H21Cl2N3O4/c29-20-6-3-7-21(30)25(20)33-22(24(31-32-33)17-10-11-17)14-37-27-19(28(35)36)13-12-16-9-8-15-4-1-2-5-18(15)26(34)23(16)27/h1-7,12-13,17H,8-11,14H2,(H,35,36). The van der Waals surface area contributed by atoms with Gasteiger partial charge in [0, 0.05) is 11.5 Å². The van der Waals surface area contributed by atoms with Crippen molar-refractivity contribution in [2.24, 2.45) is 0 Å². The van der Waals surface area contributed by atoms with Crippen molar-refractivity contribution in [2.45, 2.75) is 38.2 Å². The molecule has 0 amide bonds. The van der Waals surface area contributed by atoms with Crippen molar-refractivity contribution in [2.75, 3.05) is 0 Å². The van der Waals surface area contributed by atoms with Crippen LogP contribution in [-0.2, 0) is 19.4 Å². The first-order chi connectivity index (χ1) is 17.9. The van der Waals surface area contributed by atoms with Crippen LogP contribution in [0.2, 0.25) is 10.0 Å². The highest BCUT2D eigenvalue weighted by molar-refractivity contribution is 6.37. The Morgan fingerprint density at radius 1 is 1.00 bits per heavy atom. The molecular formula is C28H21Cl2N3O4. The molecule has 6 rings (SSSR count). The summed E-state index contributed by atoms with van der Waals surface area (Å²) in [5.41, 5.74) is 4.30. The van der Waals surface area contributed by atoms with Crippen LogP contribution in [-0.4, -0.2) is 31.9 Å². The number of benzene rings is 3. The highest BCUT2D eigenvalue weighted by atomic mass is 35.5. The van der Waals surface area contributed by atoms with Gasteiger partial charge in [-0.1, -0.05) is 64.8 Å². The van der Waals surface area contributed by atoms with Gasteiger partial charge in [0.2, 0.25) is 0 Å². The minimum atomic E-state index is -1.17. The maximum Gasteiger partial charge on any atom is 0.339 e. The molecule has 7 nitrogen and oxygen atoms in total. The van der Waals surface area contributed by atoms with Crippen molar-refractivity contribution in [3.05, 3.63) is 104 Å². The van der Waals surface area contributed by atoms with E-state index >= 15 is 0 Å². The molecule has 9 heteroatoms. The Bertz CT molecular complexity index is 1560. The van der Waals surface area contributed by atoms with Crippen LogP contribution >= 0.6 is 23.2 Å². The smallest absolute Gasteiger partial charge is 0.339 e. The molecule has 186 valence electrons. The zero-order chi connectivity index (χ0) is 25.7. The lowest BCUT2D eigenvalue weighted by Crippen LogP contribution is -2.14. The Kier molecular flexibility index (Phi) is 5.97. The molecule has 2 aliphatic rings. The van der Waals surface area contributed by atoms with E-state index in [1.54, 1.807) is 35.0 Å². The van der Waals surface area contributed by atoms with Gasteiger partial charge in [-0.05, 0) is 55.0 Å². The predicted molar refractivity (Wildman–Crippen MR) is 138 cm³/mol. The Morgan fingerprint density at radius 2 is 1.73 bits per heavy atom. The quantitative estimate of drug-likeness (QED) is 0.323. The number of aromatic nitrogens is 3. The Morgan fingerprint density at radius 3 is 2.46 bits per heavy atom. The minimum Gasteiger partial charge on any atom is -0.486 e. The first-order valence-corrected chi connectivity index (χ1v) is 12.7. The maximum atomic E-state index is 13.7. The van der Waals surface area contributed by atoms with Crippen molar-refractivity contribution >= 4 is 35.0 Å². The third-order valence-electron chi connectivity index (χ3n) is 6.89. The van der Waals surface area contributed by atoms with E-state index in [0.29, 0.717) is 39.8 Å². The number of fused-ring (bicyclic) bond motifs is 2. The van der Waals surface area contributed by atoms with Crippen LogP contribution < -0.4 is 4.74 Å². The fraction of sp³-hybridized carbons (Fsp3) is 0.214. The van der Waals surface area contributed by atoms with Gasteiger partial charge in [0.1, 0.15) is 29.3 Å². The van der Waals surface area contributed by atoms with Crippen LogP contribution in [0.5, 0.6) is 5.75 Å². The Labute approximate surface area is 222 Å². The van der Waals surface area contributed by atoms with Crippen molar-refractivity contribution in [3.63, 3.8) is 0 Å². The lowest BCUT2D eigenvalue weighted by Gasteiger charge is -2.17. The summed E-state index contributed by atoms with van der Waals surface area (Å²) in [4.78, 5) is 25.9. The number of nitrogens with zero attached hydrogens (tertiary/aromatic N) is 3. The van der Waals surface area contributed by atoms with E-state index in [1.165, 1.54) is 6.07 Å².